The molecule has 0 amide bonds. The van der Waals surface area contributed by atoms with Crippen molar-refractivity contribution in [1.82, 2.24) is 20.4 Å². The van der Waals surface area contributed by atoms with Gasteiger partial charge in [-0.3, -0.25) is 9.89 Å². The third-order valence-electron chi connectivity index (χ3n) is 4.48. The highest BCUT2D eigenvalue weighted by atomic mass is 127. The molecule has 1 aliphatic heterocycles. The Hall–Kier alpha value is -0.0800. The minimum atomic E-state index is 0. The summed E-state index contributed by atoms with van der Waals surface area (Å²) in [7, 11) is 2.21. The zero-order valence-corrected chi connectivity index (χ0v) is 17.0. The Bertz CT molecular complexity index is 335. The second kappa shape index (κ2) is 9.93. The lowest BCUT2D eigenvalue weighted by atomic mass is 10.0. The highest BCUT2D eigenvalue weighted by Gasteiger charge is 2.26. The first-order valence-electron chi connectivity index (χ1n) is 8.57. The number of halogens is 1. The number of hydrogen-bond acceptors (Lipinski definition) is 3. The standard InChI is InChI=1S/C16H33N5.HI/c1-5-17-16(19-14-6-7-14)18-12-15(13(2)3)21-10-8-20(4)9-11-21;/h13-15H,5-12H2,1-4H3,(H2,17,18,19);1H. The minimum Gasteiger partial charge on any atom is -0.357 e. The molecule has 0 aromatic carbocycles. The van der Waals surface area contributed by atoms with Crippen molar-refractivity contribution in [2.75, 3.05) is 46.3 Å². The van der Waals surface area contributed by atoms with E-state index in [1.807, 2.05) is 0 Å². The van der Waals surface area contributed by atoms with Gasteiger partial charge in [-0.2, -0.15) is 0 Å². The highest BCUT2D eigenvalue weighted by molar-refractivity contribution is 14.0. The van der Waals surface area contributed by atoms with Crippen LogP contribution in [0.3, 0.4) is 0 Å². The number of likely N-dealkylation sites (N-methyl/N-ethyl adjacent to an activating group) is 1. The Kier molecular flexibility index (Phi) is 9.01. The van der Waals surface area contributed by atoms with Gasteiger partial charge in [0, 0.05) is 44.8 Å². The first-order valence-corrected chi connectivity index (χ1v) is 8.57. The van der Waals surface area contributed by atoms with Crippen LogP contribution in [0, 0.1) is 5.92 Å². The van der Waals surface area contributed by atoms with Gasteiger partial charge in [-0.05, 0) is 32.7 Å². The fourth-order valence-electron chi connectivity index (χ4n) is 2.83. The van der Waals surface area contributed by atoms with Crippen LogP contribution >= 0.6 is 24.0 Å². The summed E-state index contributed by atoms with van der Waals surface area (Å²) in [5, 5.41) is 6.88. The molecule has 1 atom stereocenters. The molecule has 1 unspecified atom stereocenters. The van der Waals surface area contributed by atoms with Crippen LogP contribution in [0.1, 0.15) is 33.6 Å². The maximum Gasteiger partial charge on any atom is 0.191 e. The number of hydrogen-bond donors (Lipinski definition) is 2. The molecule has 2 rings (SSSR count). The van der Waals surface area contributed by atoms with Crippen molar-refractivity contribution < 1.29 is 0 Å². The smallest absolute Gasteiger partial charge is 0.191 e. The van der Waals surface area contributed by atoms with Crippen molar-refractivity contribution in [3.05, 3.63) is 0 Å². The molecule has 5 nitrogen and oxygen atoms in total. The fourth-order valence-corrected chi connectivity index (χ4v) is 2.83. The largest absolute Gasteiger partial charge is 0.357 e. The van der Waals surface area contributed by atoms with Crippen LogP contribution in [0.4, 0.5) is 0 Å². The average molecular weight is 423 g/mol. The number of nitrogens with one attached hydrogen (secondary N) is 2. The van der Waals surface area contributed by atoms with Crippen molar-refractivity contribution in [2.45, 2.75) is 45.7 Å². The van der Waals surface area contributed by atoms with E-state index in [0.29, 0.717) is 18.0 Å². The molecule has 2 N–H and O–H groups in total. The normalized spacial score (nSPS) is 22.3. The predicted molar refractivity (Wildman–Crippen MR) is 105 cm³/mol. The Labute approximate surface area is 153 Å². The number of guanidine groups is 1. The monoisotopic (exact) mass is 423 g/mol. The third-order valence-corrected chi connectivity index (χ3v) is 4.48. The van der Waals surface area contributed by atoms with Gasteiger partial charge in [-0.15, -0.1) is 24.0 Å². The Balaban J connectivity index is 0.00000242. The molecule has 2 fully saturated rings. The lowest BCUT2D eigenvalue weighted by Crippen LogP contribution is -2.52. The number of rotatable bonds is 6. The van der Waals surface area contributed by atoms with Crippen molar-refractivity contribution in [2.24, 2.45) is 10.9 Å². The summed E-state index contributed by atoms with van der Waals surface area (Å²) in [6.45, 7) is 13.3. The first-order chi connectivity index (χ1) is 10.1. The third kappa shape index (κ3) is 6.58. The maximum absolute atomic E-state index is 4.85. The summed E-state index contributed by atoms with van der Waals surface area (Å²) >= 11 is 0. The quantitative estimate of drug-likeness (QED) is 0.387. The van der Waals surface area contributed by atoms with E-state index >= 15 is 0 Å². The van der Waals surface area contributed by atoms with Gasteiger partial charge in [-0.25, -0.2) is 0 Å². The molecule has 0 spiro atoms. The van der Waals surface area contributed by atoms with Crippen molar-refractivity contribution in [1.29, 1.82) is 0 Å². The SMILES string of the molecule is CCNC(=NCC(C(C)C)N1CCN(C)CC1)NC1CC1.I. The van der Waals surface area contributed by atoms with Gasteiger partial charge in [0.25, 0.3) is 0 Å². The van der Waals surface area contributed by atoms with Gasteiger partial charge in [0.1, 0.15) is 0 Å². The lowest BCUT2D eigenvalue weighted by molar-refractivity contribution is 0.0925. The minimum absolute atomic E-state index is 0. The van der Waals surface area contributed by atoms with E-state index in [-0.39, 0.29) is 24.0 Å². The number of piperazine rings is 1. The molecule has 2 aliphatic rings. The molecule has 0 radical (unpaired) electrons. The Morgan fingerprint density at radius 1 is 1.18 bits per heavy atom. The summed E-state index contributed by atoms with van der Waals surface area (Å²) in [6, 6.07) is 1.21. The lowest BCUT2D eigenvalue weighted by Gasteiger charge is -2.39. The van der Waals surface area contributed by atoms with E-state index in [1.54, 1.807) is 0 Å². The van der Waals surface area contributed by atoms with Crippen molar-refractivity contribution >= 4 is 29.9 Å². The van der Waals surface area contributed by atoms with Crippen LogP contribution in [0.5, 0.6) is 0 Å². The van der Waals surface area contributed by atoms with Crippen LogP contribution in [-0.2, 0) is 0 Å². The molecule has 0 aromatic heterocycles. The van der Waals surface area contributed by atoms with Gasteiger partial charge in [0.05, 0.1) is 6.54 Å². The molecular formula is C16H34IN5. The molecule has 22 heavy (non-hydrogen) atoms. The molecule has 1 saturated carbocycles. The van der Waals surface area contributed by atoms with E-state index in [0.717, 1.165) is 19.0 Å². The molecular weight excluding hydrogens is 389 g/mol. The van der Waals surface area contributed by atoms with Crippen LogP contribution < -0.4 is 10.6 Å². The summed E-state index contributed by atoms with van der Waals surface area (Å²) in [5.74, 6) is 1.64. The summed E-state index contributed by atoms with van der Waals surface area (Å²) < 4.78 is 0. The van der Waals surface area contributed by atoms with Gasteiger partial charge in [0.15, 0.2) is 5.96 Å². The summed E-state index contributed by atoms with van der Waals surface area (Å²) in [5.41, 5.74) is 0. The number of nitrogens with zero attached hydrogens (tertiary/aromatic N) is 3. The average Bonchev–Trinajstić information content (AvgIpc) is 3.24. The molecule has 0 bridgehead atoms. The second-order valence-electron chi connectivity index (χ2n) is 6.79. The van der Waals surface area contributed by atoms with Crippen molar-refractivity contribution in [3.8, 4) is 0 Å². The van der Waals surface area contributed by atoms with Gasteiger partial charge in [-0.1, -0.05) is 13.8 Å². The highest BCUT2D eigenvalue weighted by Crippen LogP contribution is 2.18. The van der Waals surface area contributed by atoms with E-state index in [2.05, 4.69) is 48.3 Å². The fraction of sp³-hybridized carbons (Fsp3) is 0.938. The Morgan fingerprint density at radius 2 is 1.82 bits per heavy atom. The van der Waals surface area contributed by atoms with Crippen LogP contribution in [0.15, 0.2) is 4.99 Å². The van der Waals surface area contributed by atoms with Gasteiger partial charge < -0.3 is 15.5 Å². The maximum atomic E-state index is 4.85. The predicted octanol–water partition coefficient (Wildman–Crippen LogP) is 1.59. The van der Waals surface area contributed by atoms with Crippen LogP contribution in [0.25, 0.3) is 0 Å². The van der Waals surface area contributed by atoms with Crippen LogP contribution in [0.2, 0.25) is 0 Å². The molecule has 1 aliphatic carbocycles. The van der Waals surface area contributed by atoms with E-state index in [9.17, 15) is 0 Å². The van der Waals surface area contributed by atoms with Gasteiger partial charge >= 0.3 is 0 Å². The summed E-state index contributed by atoms with van der Waals surface area (Å²) in [6.07, 6.45) is 2.58. The molecule has 1 saturated heterocycles. The van der Waals surface area contributed by atoms with Gasteiger partial charge in [0.2, 0.25) is 0 Å². The van der Waals surface area contributed by atoms with E-state index < -0.39 is 0 Å². The topological polar surface area (TPSA) is 42.9 Å². The molecule has 6 heteroatoms. The van der Waals surface area contributed by atoms with Crippen LogP contribution in [-0.4, -0.2) is 74.2 Å². The van der Waals surface area contributed by atoms with E-state index in [1.165, 1.54) is 39.0 Å². The Morgan fingerprint density at radius 3 is 2.32 bits per heavy atom. The first kappa shape index (κ1) is 20.0. The molecule has 1 heterocycles. The molecule has 0 aromatic rings. The molecule has 130 valence electrons. The zero-order valence-electron chi connectivity index (χ0n) is 14.6. The van der Waals surface area contributed by atoms with E-state index in [4.69, 9.17) is 4.99 Å². The van der Waals surface area contributed by atoms with Crippen molar-refractivity contribution in [3.63, 3.8) is 0 Å². The zero-order chi connectivity index (χ0) is 15.2. The number of aliphatic imine (C=N–C) groups is 1. The summed E-state index contributed by atoms with van der Waals surface area (Å²) in [4.78, 5) is 9.88. The second-order valence-corrected chi connectivity index (χ2v) is 6.79.